The molecule has 5 nitrogen and oxygen atoms in total. The molecule has 0 spiro atoms. The molecule has 0 radical (unpaired) electrons. The van der Waals surface area contributed by atoms with Gasteiger partial charge in [-0.15, -0.1) is 0 Å². The zero-order valence-electron chi connectivity index (χ0n) is 9.67. The second-order valence-electron chi connectivity index (χ2n) is 4.59. The van der Waals surface area contributed by atoms with E-state index in [1.807, 2.05) is 11.6 Å². The highest BCUT2D eigenvalue weighted by atomic mass is 79.9. The van der Waals surface area contributed by atoms with E-state index in [4.69, 9.17) is 0 Å². The summed E-state index contributed by atoms with van der Waals surface area (Å²) in [5, 5.41) is 8.70. The van der Waals surface area contributed by atoms with Crippen molar-refractivity contribution in [3.8, 4) is 0 Å². The zero-order valence-corrected chi connectivity index (χ0v) is 11.3. The van der Waals surface area contributed by atoms with Gasteiger partial charge in [0.05, 0.1) is 12.2 Å². The standard InChI is InChI=1S/C11H14BrN5/c1-8-10(6-17-11(12)13-7-14-17)5-16(15-8)4-9-2-3-9/h5,7,9H,2-4,6H2,1H3. The van der Waals surface area contributed by atoms with Crippen LogP contribution in [0.2, 0.25) is 0 Å². The number of halogens is 1. The van der Waals surface area contributed by atoms with E-state index in [-0.39, 0.29) is 0 Å². The third-order valence-electron chi connectivity index (χ3n) is 3.08. The van der Waals surface area contributed by atoms with Gasteiger partial charge in [0.2, 0.25) is 0 Å². The Balaban J connectivity index is 1.77. The lowest BCUT2D eigenvalue weighted by atomic mass is 10.3. The average molecular weight is 296 g/mol. The predicted octanol–water partition coefficient (Wildman–Crippen LogP) is 2.00. The van der Waals surface area contributed by atoms with Gasteiger partial charge in [0, 0.05) is 18.3 Å². The zero-order chi connectivity index (χ0) is 11.8. The molecule has 1 fully saturated rings. The fraction of sp³-hybridized carbons (Fsp3) is 0.545. The van der Waals surface area contributed by atoms with Crippen molar-refractivity contribution in [1.82, 2.24) is 24.5 Å². The topological polar surface area (TPSA) is 48.5 Å². The van der Waals surface area contributed by atoms with E-state index in [2.05, 4.69) is 42.0 Å². The van der Waals surface area contributed by atoms with Crippen molar-refractivity contribution in [2.24, 2.45) is 5.92 Å². The monoisotopic (exact) mass is 295 g/mol. The molecule has 3 rings (SSSR count). The van der Waals surface area contributed by atoms with Crippen LogP contribution in [-0.4, -0.2) is 24.5 Å². The summed E-state index contributed by atoms with van der Waals surface area (Å²) in [7, 11) is 0. The number of nitrogens with zero attached hydrogens (tertiary/aromatic N) is 5. The fourth-order valence-electron chi connectivity index (χ4n) is 1.89. The van der Waals surface area contributed by atoms with Gasteiger partial charge >= 0.3 is 0 Å². The van der Waals surface area contributed by atoms with Crippen LogP contribution in [0.3, 0.4) is 0 Å². The Bertz CT molecular complexity index is 526. The molecule has 17 heavy (non-hydrogen) atoms. The van der Waals surface area contributed by atoms with Gasteiger partial charge in [-0.2, -0.15) is 10.2 Å². The van der Waals surface area contributed by atoms with Crippen molar-refractivity contribution in [2.45, 2.75) is 32.9 Å². The Morgan fingerprint density at radius 3 is 2.94 bits per heavy atom. The highest BCUT2D eigenvalue weighted by Gasteiger charge is 2.22. The molecule has 90 valence electrons. The molecule has 0 saturated heterocycles. The Morgan fingerprint density at radius 1 is 1.47 bits per heavy atom. The van der Waals surface area contributed by atoms with Crippen LogP contribution in [0.25, 0.3) is 0 Å². The third-order valence-corrected chi connectivity index (χ3v) is 3.69. The van der Waals surface area contributed by atoms with Crippen molar-refractivity contribution < 1.29 is 0 Å². The Kier molecular flexibility index (Phi) is 2.74. The Labute approximate surface area is 108 Å². The molecule has 1 aliphatic rings. The lowest BCUT2D eigenvalue weighted by molar-refractivity contribution is 0.559. The summed E-state index contributed by atoms with van der Waals surface area (Å²) >= 11 is 3.37. The second kappa shape index (κ2) is 4.25. The fourth-order valence-corrected chi connectivity index (χ4v) is 2.20. The summed E-state index contributed by atoms with van der Waals surface area (Å²) in [5.74, 6) is 0.847. The summed E-state index contributed by atoms with van der Waals surface area (Å²) in [6, 6.07) is 0. The SMILES string of the molecule is Cc1nn(CC2CC2)cc1Cn1ncnc1Br. The van der Waals surface area contributed by atoms with Crippen molar-refractivity contribution in [2.75, 3.05) is 0 Å². The molecule has 0 unspecified atom stereocenters. The predicted molar refractivity (Wildman–Crippen MR) is 66.5 cm³/mol. The van der Waals surface area contributed by atoms with E-state index in [1.54, 1.807) is 6.33 Å². The molecule has 0 bridgehead atoms. The van der Waals surface area contributed by atoms with E-state index in [0.717, 1.165) is 29.4 Å². The van der Waals surface area contributed by atoms with Crippen LogP contribution in [0.5, 0.6) is 0 Å². The number of aromatic nitrogens is 5. The lowest BCUT2D eigenvalue weighted by Crippen LogP contribution is -2.02. The average Bonchev–Trinajstić information content (AvgIpc) is 2.91. The highest BCUT2D eigenvalue weighted by Crippen LogP contribution is 2.30. The third kappa shape index (κ3) is 2.41. The van der Waals surface area contributed by atoms with Gasteiger partial charge in [0.25, 0.3) is 0 Å². The van der Waals surface area contributed by atoms with E-state index in [9.17, 15) is 0 Å². The van der Waals surface area contributed by atoms with Crippen molar-refractivity contribution in [1.29, 1.82) is 0 Å². The van der Waals surface area contributed by atoms with Gasteiger partial charge in [-0.1, -0.05) is 0 Å². The quantitative estimate of drug-likeness (QED) is 0.867. The first-order chi connectivity index (χ1) is 8.22. The molecule has 0 aromatic carbocycles. The number of rotatable bonds is 4. The smallest absolute Gasteiger partial charge is 0.195 e. The van der Waals surface area contributed by atoms with Gasteiger partial charge in [0.1, 0.15) is 6.33 Å². The number of hydrogen-bond donors (Lipinski definition) is 0. The maximum atomic E-state index is 4.54. The van der Waals surface area contributed by atoms with Crippen LogP contribution in [0.1, 0.15) is 24.1 Å². The first-order valence-electron chi connectivity index (χ1n) is 5.78. The van der Waals surface area contributed by atoms with E-state index in [0.29, 0.717) is 0 Å². The molecule has 2 aromatic heterocycles. The van der Waals surface area contributed by atoms with E-state index >= 15 is 0 Å². The van der Waals surface area contributed by atoms with Crippen LogP contribution in [0.4, 0.5) is 0 Å². The molecule has 0 amide bonds. The van der Waals surface area contributed by atoms with Crippen LogP contribution in [-0.2, 0) is 13.1 Å². The Hall–Kier alpha value is -1.17. The van der Waals surface area contributed by atoms with Gasteiger partial charge in [-0.3, -0.25) is 4.68 Å². The van der Waals surface area contributed by atoms with Gasteiger partial charge in [-0.05, 0) is 41.6 Å². The normalized spacial score (nSPS) is 15.4. The molecular formula is C11H14BrN5. The molecular weight excluding hydrogens is 282 g/mol. The molecule has 0 N–H and O–H groups in total. The van der Waals surface area contributed by atoms with Crippen LogP contribution in [0, 0.1) is 12.8 Å². The summed E-state index contributed by atoms with van der Waals surface area (Å²) in [6.45, 7) is 3.82. The maximum Gasteiger partial charge on any atom is 0.195 e. The second-order valence-corrected chi connectivity index (χ2v) is 5.30. The first-order valence-corrected chi connectivity index (χ1v) is 6.58. The molecule has 1 saturated carbocycles. The van der Waals surface area contributed by atoms with Crippen molar-refractivity contribution in [3.63, 3.8) is 0 Å². The van der Waals surface area contributed by atoms with Gasteiger partial charge < -0.3 is 0 Å². The van der Waals surface area contributed by atoms with Crippen molar-refractivity contribution >= 4 is 15.9 Å². The first kappa shape index (κ1) is 11.0. The van der Waals surface area contributed by atoms with Gasteiger partial charge in [-0.25, -0.2) is 9.67 Å². The summed E-state index contributed by atoms with van der Waals surface area (Å²) in [4.78, 5) is 4.05. The minimum absolute atomic E-state index is 0.719. The van der Waals surface area contributed by atoms with Crippen LogP contribution < -0.4 is 0 Å². The minimum atomic E-state index is 0.719. The number of aryl methyl sites for hydroxylation is 1. The molecule has 6 heteroatoms. The maximum absolute atomic E-state index is 4.54. The van der Waals surface area contributed by atoms with Crippen LogP contribution in [0.15, 0.2) is 17.3 Å². The van der Waals surface area contributed by atoms with Gasteiger partial charge in [0.15, 0.2) is 4.73 Å². The minimum Gasteiger partial charge on any atom is -0.272 e. The molecule has 0 aliphatic heterocycles. The molecule has 2 heterocycles. The highest BCUT2D eigenvalue weighted by molar-refractivity contribution is 9.10. The molecule has 0 atom stereocenters. The van der Waals surface area contributed by atoms with Crippen molar-refractivity contribution in [3.05, 3.63) is 28.5 Å². The summed E-state index contributed by atoms with van der Waals surface area (Å²) in [6.07, 6.45) is 6.38. The molecule has 2 aromatic rings. The molecule has 1 aliphatic carbocycles. The van der Waals surface area contributed by atoms with E-state index in [1.165, 1.54) is 18.4 Å². The summed E-state index contributed by atoms with van der Waals surface area (Å²) in [5.41, 5.74) is 2.28. The lowest BCUT2D eigenvalue weighted by Gasteiger charge is -2.00. The van der Waals surface area contributed by atoms with E-state index < -0.39 is 0 Å². The summed E-state index contributed by atoms with van der Waals surface area (Å²) < 4.78 is 4.64. The largest absolute Gasteiger partial charge is 0.272 e. The number of hydrogen-bond acceptors (Lipinski definition) is 3. The Morgan fingerprint density at radius 2 is 2.29 bits per heavy atom. The van der Waals surface area contributed by atoms with Crippen LogP contribution >= 0.6 is 15.9 Å².